The van der Waals surface area contributed by atoms with Crippen LogP contribution in [0.15, 0.2) is 48.5 Å². The van der Waals surface area contributed by atoms with E-state index in [1.807, 2.05) is 30.3 Å². The Bertz CT molecular complexity index is 1140. The molecule has 3 aromatic rings. The molecule has 7 nitrogen and oxygen atoms in total. The van der Waals surface area contributed by atoms with Crippen LogP contribution in [0, 0.1) is 6.92 Å². The number of fused-ring (bicyclic) bond motifs is 1. The van der Waals surface area contributed by atoms with Gasteiger partial charge in [0.25, 0.3) is 5.91 Å². The third-order valence-corrected chi connectivity index (χ3v) is 6.26. The first-order chi connectivity index (χ1) is 16.1. The van der Waals surface area contributed by atoms with E-state index in [1.165, 1.54) is 18.5 Å². The number of hydrogen-bond acceptors (Lipinski definition) is 6. The monoisotopic (exact) mass is 444 g/mol. The molecule has 3 heterocycles. The number of benzene rings is 2. The summed E-state index contributed by atoms with van der Waals surface area (Å²) in [6, 6.07) is 15.7. The topological polar surface area (TPSA) is 76.6 Å². The smallest absolute Gasteiger partial charge is 0.251 e. The number of anilines is 1. The van der Waals surface area contributed by atoms with Crippen LogP contribution in [0.4, 0.5) is 5.69 Å². The van der Waals surface area contributed by atoms with Crippen molar-refractivity contribution < 1.29 is 14.3 Å². The van der Waals surface area contributed by atoms with E-state index < -0.39 is 0 Å². The molecule has 170 valence electrons. The van der Waals surface area contributed by atoms with Gasteiger partial charge in [-0.2, -0.15) is 0 Å². The minimum absolute atomic E-state index is 0.0834. The highest BCUT2D eigenvalue weighted by Crippen LogP contribution is 2.39. The van der Waals surface area contributed by atoms with Gasteiger partial charge in [-0.15, -0.1) is 10.2 Å². The number of hydrogen-bond donors (Lipinski definition) is 1. The fraction of sp³-hybridized carbons (Fsp3) is 0.346. The van der Waals surface area contributed by atoms with Gasteiger partial charge in [0.1, 0.15) is 11.9 Å². The summed E-state index contributed by atoms with van der Waals surface area (Å²) in [5, 5.41) is 11.4. The number of methoxy groups -OCH3 is 1. The van der Waals surface area contributed by atoms with Crippen molar-refractivity contribution in [3.05, 3.63) is 65.2 Å². The van der Waals surface area contributed by atoms with Gasteiger partial charge in [0.2, 0.25) is 5.88 Å². The zero-order valence-electron chi connectivity index (χ0n) is 19.0. The van der Waals surface area contributed by atoms with Crippen molar-refractivity contribution in [3.8, 4) is 22.9 Å². The minimum Gasteiger partial charge on any atom is -0.487 e. The molecule has 1 N–H and O–H groups in total. The van der Waals surface area contributed by atoms with Crippen LogP contribution in [0.2, 0.25) is 0 Å². The lowest BCUT2D eigenvalue weighted by Crippen LogP contribution is -2.34. The summed E-state index contributed by atoms with van der Waals surface area (Å²) in [6.07, 6.45) is 3.08. The van der Waals surface area contributed by atoms with E-state index in [-0.39, 0.29) is 12.0 Å². The Balaban J connectivity index is 1.24. The highest BCUT2D eigenvalue weighted by molar-refractivity contribution is 5.94. The molecule has 0 saturated carbocycles. The number of rotatable bonds is 6. The predicted octanol–water partition coefficient (Wildman–Crippen LogP) is 3.79. The van der Waals surface area contributed by atoms with E-state index in [4.69, 9.17) is 9.47 Å². The molecule has 2 aliphatic rings. The first kappa shape index (κ1) is 21.2. The second kappa shape index (κ2) is 9.10. The summed E-state index contributed by atoms with van der Waals surface area (Å²) < 4.78 is 11.4. The molecule has 0 radical (unpaired) electrons. The second-order valence-electron chi connectivity index (χ2n) is 8.66. The van der Waals surface area contributed by atoms with Crippen LogP contribution in [-0.2, 0) is 6.42 Å². The molecule has 5 rings (SSSR count). The lowest BCUT2D eigenvalue weighted by atomic mass is 10.0. The van der Waals surface area contributed by atoms with Crippen LogP contribution >= 0.6 is 0 Å². The number of carbonyl (C=O) groups excluding carboxylic acids is 1. The Morgan fingerprint density at radius 2 is 1.91 bits per heavy atom. The number of ether oxygens (including phenoxy) is 2. The molecular weight excluding hydrogens is 416 g/mol. The molecule has 0 spiro atoms. The van der Waals surface area contributed by atoms with E-state index in [0.717, 1.165) is 47.6 Å². The van der Waals surface area contributed by atoms with Crippen molar-refractivity contribution in [1.82, 2.24) is 15.5 Å². The number of aryl methyl sites for hydroxylation is 1. The minimum atomic E-state index is -0.125. The van der Waals surface area contributed by atoms with Crippen LogP contribution in [0.5, 0.6) is 11.6 Å². The number of nitrogens with one attached hydrogen (secondary N) is 1. The molecule has 1 fully saturated rings. The summed E-state index contributed by atoms with van der Waals surface area (Å²) >= 11 is 0. The molecule has 2 aromatic carbocycles. The number of amides is 1. The largest absolute Gasteiger partial charge is 0.487 e. The molecule has 1 amide bonds. The van der Waals surface area contributed by atoms with Crippen molar-refractivity contribution in [2.45, 2.75) is 32.3 Å². The first-order valence-corrected chi connectivity index (χ1v) is 11.4. The summed E-state index contributed by atoms with van der Waals surface area (Å²) in [7, 11) is 1.57. The molecule has 7 heteroatoms. The van der Waals surface area contributed by atoms with Gasteiger partial charge in [-0.25, -0.2) is 0 Å². The van der Waals surface area contributed by atoms with Crippen LogP contribution in [0.1, 0.15) is 34.3 Å². The summed E-state index contributed by atoms with van der Waals surface area (Å²) in [6.45, 7) is 4.68. The van der Waals surface area contributed by atoms with Crippen LogP contribution in [0.3, 0.4) is 0 Å². The summed E-state index contributed by atoms with van der Waals surface area (Å²) in [4.78, 5) is 15.1. The van der Waals surface area contributed by atoms with Crippen LogP contribution in [0.25, 0.3) is 11.3 Å². The molecule has 2 aliphatic heterocycles. The molecule has 1 atom stereocenters. The van der Waals surface area contributed by atoms with Crippen molar-refractivity contribution in [2.24, 2.45) is 0 Å². The van der Waals surface area contributed by atoms with E-state index >= 15 is 0 Å². The molecule has 1 saturated heterocycles. The maximum Gasteiger partial charge on any atom is 0.251 e. The maximum absolute atomic E-state index is 12.7. The Kier molecular flexibility index (Phi) is 5.86. The maximum atomic E-state index is 12.7. The van der Waals surface area contributed by atoms with E-state index in [1.54, 1.807) is 13.2 Å². The molecule has 1 unspecified atom stereocenters. The zero-order chi connectivity index (χ0) is 22.8. The summed E-state index contributed by atoms with van der Waals surface area (Å²) in [5.41, 5.74) is 5.75. The van der Waals surface area contributed by atoms with Gasteiger partial charge in [-0.05, 0) is 67.3 Å². The highest BCUT2D eigenvalue weighted by atomic mass is 16.5. The number of aromatic nitrogens is 2. The number of carbonyl (C=O) groups is 1. The first-order valence-electron chi connectivity index (χ1n) is 11.4. The van der Waals surface area contributed by atoms with Gasteiger partial charge >= 0.3 is 0 Å². The van der Waals surface area contributed by atoms with Gasteiger partial charge < -0.3 is 19.7 Å². The van der Waals surface area contributed by atoms with Crippen molar-refractivity contribution in [3.63, 3.8) is 0 Å². The standard InChI is InChI=1S/C26H28N4O3/c1-17-13-19-15-21(33-25(19)22(14-17)23-9-10-24(32-2)29-28-23)16-27-26(31)18-5-7-20(8-6-18)30-11-3-4-12-30/h5-10,13-14,21H,3-4,11-12,15-16H2,1-2H3,(H,27,31). The van der Waals surface area contributed by atoms with Crippen molar-refractivity contribution in [2.75, 3.05) is 31.6 Å². The lowest BCUT2D eigenvalue weighted by Gasteiger charge is -2.18. The Morgan fingerprint density at radius 3 is 2.61 bits per heavy atom. The SMILES string of the molecule is COc1ccc(-c2cc(C)cc3c2OC(CNC(=O)c2ccc(N4CCCC4)cc2)C3)nn1. The highest BCUT2D eigenvalue weighted by Gasteiger charge is 2.27. The normalized spacial score (nSPS) is 16.9. The lowest BCUT2D eigenvalue weighted by molar-refractivity contribution is 0.0933. The molecular formula is C26H28N4O3. The molecule has 0 aliphatic carbocycles. The van der Waals surface area contributed by atoms with E-state index in [0.29, 0.717) is 18.0 Å². The van der Waals surface area contributed by atoms with Gasteiger partial charge in [-0.3, -0.25) is 4.79 Å². The third-order valence-electron chi connectivity index (χ3n) is 6.26. The van der Waals surface area contributed by atoms with Gasteiger partial charge in [0.15, 0.2) is 0 Å². The van der Waals surface area contributed by atoms with Crippen LogP contribution in [-0.4, -0.2) is 49.0 Å². The Labute approximate surface area is 193 Å². The molecule has 33 heavy (non-hydrogen) atoms. The molecule has 0 bridgehead atoms. The third kappa shape index (κ3) is 4.49. The Morgan fingerprint density at radius 1 is 1.12 bits per heavy atom. The number of nitrogens with zero attached hydrogens (tertiary/aromatic N) is 3. The van der Waals surface area contributed by atoms with Gasteiger partial charge in [0.05, 0.1) is 19.3 Å². The fourth-order valence-electron chi connectivity index (χ4n) is 4.58. The van der Waals surface area contributed by atoms with Crippen molar-refractivity contribution in [1.29, 1.82) is 0 Å². The summed E-state index contributed by atoms with van der Waals surface area (Å²) in [5.74, 6) is 1.20. The quantitative estimate of drug-likeness (QED) is 0.623. The Hall–Kier alpha value is -3.61. The average Bonchev–Trinajstić information content (AvgIpc) is 3.52. The average molecular weight is 445 g/mol. The van der Waals surface area contributed by atoms with Gasteiger partial charge in [0, 0.05) is 42.4 Å². The molecule has 1 aromatic heterocycles. The van der Waals surface area contributed by atoms with Crippen LogP contribution < -0.4 is 19.7 Å². The zero-order valence-corrected chi connectivity index (χ0v) is 19.0. The van der Waals surface area contributed by atoms with E-state index in [2.05, 4.69) is 39.5 Å². The van der Waals surface area contributed by atoms with Gasteiger partial charge in [-0.1, -0.05) is 6.07 Å². The van der Waals surface area contributed by atoms with E-state index in [9.17, 15) is 4.79 Å². The second-order valence-corrected chi connectivity index (χ2v) is 8.66. The predicted molar refractivity (Wildman–Crippen MR) is 127 cm³/mol. The fourth-order valence-corrected chi connectivity index (χ4v) is 4.58. The van der Waals surface area contributed by atoms with Crippen molar-refractivity contribution >= 4 is 11.6 Å².